The van der Waals surface area contributed by atoms with Crippen molar-refractivity contribution in [2.45, 2.75) is 347 Å². The van der Waals surface area contributed by atoms with Crippen LogP contribution in [0.3, 0.4) is 0 Å². The smallest absolute Gasteiger partial charge is 0.306 e. The Morgan fingerprint density at radius 3 is 0.792 bits per heavy atom. The second kappa shape index (κ2) is 80.3. The van der Waals surface area contributed by atoms with E-state index in [2.05, 4.69) is 184 Å². The van der Waals surface area contributed by atoms with Gasteiger partial charge in [0.25, 0.3) is 0 Å². The zero-order valence-corrected chi connectivity index (χ0v) is 65.7. The molecule has 101 heavy (non-hydrogen) atoms. The molecule has 574 valence electrons. The van der Waals surface area contributed by atoms with Crippen molar-refractivity contribution in [1.29, 1.82) is 0 Å². The number of hydrogen-bond donors (Lipinski definition) is 0. The number of unbranched alkanes of at least 4 members (excludes halogenated alkanes) is 32. The lowest BCUT2D eigenvalue weighted by atomic mass is 10.0. The molecule has 2 unspecified atom stereocenters. The summed E-state index contributed by atoms with van der Waals surface area (Å²) in [4.78, 5) is 37.6. The predicted octanol–water partition coefficient (Wildman–Crippen LogP) is 25.6. The van der Waals surface area contributed by atoms with E-state index < -0.39 is 24.3 Å². The highest BCUT2D eigenvalue weighted by atomic mass is 16.7. The number of rotatable bonds is 75. The van der Waals surface area contributed by atoms with Crippen molar-refractivity contribution in [2.75, 3.05) is 47.5 Å². The lowest BCUT2D eigenvalue weighted by Crippen LogP contribution is -2.44. The van der Waals surface area contributed by atoms with Gasteiger partial charge in [-0.1, -0.05) is 364 Å². The molecule has 2 atom stereocenters. The standard InChI is InChI=1S/C92H153NO8/c1-6-8-10-12-14-16-18-20-22-24-26-28-30-32-34-36-38-40-42-44-45-47-49-51-53-55-57-59-61-63-65-67-69-71-73-75-77-79-81-83-90(95)101-88(87-100-92(91(96)97)98-85-84-93(3,4)5)86-99-89(94)82-80-78-76-74-72-70-68-66-64-62-60-58-56-54-52-50-48-46-43-41-39-37-35-33-31-29-27-25-23-21-19-17-15-13-11-9-7-2/h8-11,14-17,20-23,26-29,32,34,38,40,44-45,49,51,55,57,61,63,88,92H,6-7,12-13,18-19,24-25,30-31,33,35-37,39,41-43,46-48,50,52-54,56,58-60,62,64-87H2,1-5H3/b10-8-,11-9-,16-14-,17-15-,22-20-,23-21-,28-26-,29-27-,34-32-,40-38-,45-44-,51-49-,57-55-,63-61-. The number of carboxylic acids is 1. The van der Waals surface area contributed by atoms with Crippen LogP contribution in [0.2, 0.25) is 0 Å². The summed E-state index contributed by atoms with van der Waals surface area (Å²) in [6, 6.07) is 0. The lowest BCUT2D eigenvalue weighted by molar-refractivity contribution is -0.870. The fourth-order valence-electron chi connectivity index (χ4n) is 11.3. The minimum absolute atomic E-state index is 0.140. The molecular formula is C92H153NO8. The molecule has 0 spiro atoms. The van der Waals surface area contributed by atoms with Gasteiger partial charge in [-0.25, -0.2) is 0 Å². The molecule has 0 saturated heterocycles. The average molecular weight is 1400 g/mol. The Labute approximate surface area is 622 Å². The van der Waals surface area contributed by atoms with Crippen LogP contribution in [0.15, 0.2) is 170 Å². The summed E-state index contributed by atoms with van der Waals surface area (Å²) in [5, 5.41) is 11.9. The maximum atomic E-state index is 13.0. The monoisotopic (exact) mass is 1400 g/mol. The summed E-state index contributed by atoms with van der Waals surface area (Å²) in [7, 11) is 5.93. The van der Waals surface area contributed by atoms with Gasteiger partial charge in [-0.2, -0.15) is 0 Å². The number of carbonyl (C=O) groups excluding carboxylic acids is 3. The molecule has 9 heteroatoms. The largest absolute Gasteiger partial charge is 0.545 e. The topological polar surface area (TPSA) is 111 Å². The minimum atomic E-state index is -1.63. The molecule has 9 nitrogen and oxygen atoms in total. The van der Waals surface area contributed by atoms with Crippen LogP contribution in [0.5, 0.6) is 0 Å². The Kier molecular flexibility index (Phi) is 76.1. The van der Waals surface area contributed by atoms with E-state index in [1.807, 2.05) is 21.1 Å². The van der Waals surface area contributed by atoms with E-state index in [0.717, 1.165) is 135 Å². The van der Waals surface area contributed by atoms with Gasteiger partial charge in [-0.3, -0.25) is 9.59 Å². The van der Waals surface area contributed by atoms with E-state index in [1.165, 1.54) is 167 Å². The molecule has 0 aromatic carbocycles. The predicted molar refractivity (Wildman–Crippen MR) is 435 cm³/mol. The number of carbonyl (C=O) groups is 3. The molecular weight excluding hydrogens is 1250 g/mol. The zero-order valence-electron chi connectivity index (χ0n) is 65.7. The number of ether oxygens (including phenoxy) is 4. The second-order valence-corrected chi connectivity index (χ2v) is 28.3. The third-order valence-corrected chi connectivity index (χ3v) is 17.5. The van der Waals surface area contributed by atoms with Crippen LogP contribution in [0.4, 0.5) is 0 Å². The Morgan fingerprint density at radius 2 is 0.535 bits per heavy atom. The van der Waals surface area contributed by atoms with Gasteiger partial charge >= 0.3 is 11.9 Å². The number of quaternary nitrogens is 1. The first kappa shape index (κ1) is 95.6. The number of allylic oxidation sites excluding steroid dienone is 28. The van der Waals surface area contributed by atoms with Crippen LogP contribution < -0.4 is 5.11 Å². The first-order valence-electron chi connectivity index (χ1n) is 41.3. The van der Waals surface area contributed by atoms with Crippen molar-refractivity contribution in [3.8, 4) is 0 Å². The van der Waals surface area contributed by atoms with Crippen LogP contribution in [0.1, 0.15) is 335 Å². The van der Waals surface area contributed by atoms with E-state index in [0.29, 0.717) is 17.4 Å². The number of esters is 2. The normalized spacial score (nSPS) is 13.6. The highest BCUT2D eigenvalue weighted by molar-refractivity contribution is 5.70. The molecule has 0 aromatic heterocycles. The van der Waals surface area contributed by atoms with Crippen molar-refractivity contribution in [3.05, 3.63) is 170 Å². The van der Waals surface area contributed by atoms with E-state index in [9.17, 15) is 19.5 Å². The van der Waals surface area contributed by atoms with Crippen LogP contribution in [-0.4, -0.2) is 82.3 Å². The summed E-state index contributed by atoms with van der Waals surface area (Å²) in [5.74, 6) is -2.29. The van der Waals surface area contributed by atoms with Crippen molar-refractivity contribution in [3.63, 3.8) is 0 Å². The lowest BCUT2D eigenvalue weighted by Gasteiger charge is -2.26. The number of aliphatic carboxylic acids is 1. The van der Waals surface area contributed by atoms with Crippen molar-refractivity contribution in [2.24, 2.45) is 0 Å². The first-order valence-corrected chi connectivity index (χ1v) is 41.3. The molecule has 0 fully saturated rings. The van der Waals surface area contributed by atoms with E-state index in [-0.39, 0.29) is 38.6 Å². The average Bonchev–Trinajstić information content (AvgIpc) is 1.21. The highest BCUT2D eigenvalue weighted by Crippen LogP contribution is 2.18. The number of hydrogen-bond acceptors (Lipinski definition) is 8. The fourth-order valence-corrected chi connectivity index (χ4v) is 11.3. The number of likely N-dealkylation sites (N-methyl/N-ethyl adjacent to an activating group) is 1. The van der Waals surface area contributed by atoms with Crippen LogP contribution in [0, 0.1) is 0 Å². The Hall–Kier alpha value is -5.35. The Morgan fingerprint density at radius 1 is 0.297 bits per heavy atom. The Balaban J connectivity index is 4.07. The molecule has 0 N–H and O–H groups in total. The van der Waals surface area contributed by atoms with E-state index >= 15 is 0 Å². The summed E-state index contributed by atoms with van der Waals surface area (Å²) in [5.41, 5.74) is 0. The van der Waals surface area contributed by atoms with Gasteiger partial charge in [0.1, 0.15) is 13.2 Å². The van der Waals surface area contributed by atoms with Gasteiger partial charge in [0.05, 0.1) is 40.3 Å². The fraction of sp³-hybridized carbons (Fsp3) is 0.663. The van der Waals surface area contributed by atoms with Gasteiger partial charge in [0.15, 0.2) is 12.4 Å². The summed E-state index contributed by atoms with van der Waals surface area (Å²) in [6.07, 6.45) is 118. The Bertz CT molecular complexity index is 2280. The molecule has 0 aromatic rings. The van der Waals surface area contributed by atoms with Gasteiger partial charge in [0, 0.05) is 12.8 Å². The van der Waals surface area contributed by atoms with Gasteiger partial charge in [0.2, 0.25) is 0 Å². The maximum absolute atomic E-state index is 13.0. The van der Waals surface area contributed by atoms with Crippen molar-refractivity contribution >= 4 is 17.9 Å². The van der Waals surface area contributed by atoms with Gasteiger partial charge < -0.3 is 33.3 Å². The summed E-state index contributed by atoms with van der Waals surface area (Å²) in [6.45, 7) is 4.53. The SMILES string of the molecule is CC/C=C\C/C=C\C/C=C\C/C=C\C/C=C\C/C=C\C/C=C\C/C=C\C/C=C\C/C=C\CCCCCCCCCCC(=O)OC(COC(=O)CCCCCCCCCCCCCCCCCCCCCCCCCC/C=C\C/C=C\C/C=C\C/C=C\CC)COC(OCC[N+](C)(C)C)C(=O)[O-]. The zero-order chi connectivity index (χ0) is 73.2. The third-order valence-electron chi connectivity index (χ3n) is 17.5. The molecule has 0 aliphatic carbocycles. The van der Waals surface area contributed by atoms with Gasteiger partial charge in [-0.15, -0.1) is 0 Å². The van der Waals surface area contributed by atoms with E-state index in [1.54, 1.807) is 0 Å². The van der Waals surface area contributed by atoms with Crippen LogP contribution >= 0.6 is 0 Å². The molecule has 0 heterocycles. The maximum Gasteiger partial charge on any atom is 0.306 e. The van der Waals surface area contributed by atoms with Crippen molar-refractivity contribution < 1.29 is 42.9 Å². The van der Waals surface area contributed by atoms with E-state index in [4.69, 9.17) is 18.9 Å². The number of carboxylic acid groups (broad SMARTS) is 1. The van der Waals surface area contributed by atoms with Crippen LogP contribution in [0.25, 0.3) is 0 Å². The molecule has 0 rings (SSSR count). The molecule has 0 amide bonds. The quantitative estimate of drug-likeness (QED) is 0.0195. The molecule has 0 radical (unpaired) electrons. The van der Waals surface area contributed by atoms with Crippen molar-refractivity contribution in [1.82, 2.24) is 0 Å². The van der Waals surface area contributed by atoms with Gasteiger partial charge in [-0.05, 0) is 128 Å². The van der Waals surface area contributed by atoms with Crippen LogP contribution in [-0.2, 0) is 33.3 Å². The molecule has 0 bridgehead atoms. The molecule has 0 aliphatic heterocycles. The number of nitrogens with zero attached hydrogens (tertiary/aromatic N) is 1. The molecule has 0 saturated carbocycles. The third kappa shape index (κ3) is 81.8. The first-order chi connectivity index (χ1) is 49.6. The second-order valence-electron chi connectivity index (χ2n) is 28.3. The molecule has 0 aliphatic rings. The minimum Gasteiger partial charge on any atom is -0.545 e. The highest BCUT2D eigenvalue weighted by Gasteiger charge is 2.22. The summed E-state index contributed by atoms with van der Waals surface area (Å²) < 4.78 is 22.9. The summed E-state index contributed by atoms with van der Waals surface area (Å²) >= 11 is 0.